The van der Waals surface area contributed by atoms with Crippen LogP contribution in [0.15, 0.2) is 43.2 Å². The number of rotatable bonds is 9. The van der Waals surface area contributed by atoms with Crippen molar-refractivity contribution in [1.29, 1.82) is 0 Å². The first-order valence-electron chi connectivity index (χ1n) is 12.9. The zero-order valence-corrected chi connectivity index (χ0v) is 23.6. The van der Waals surface area contributed by atoms with Gasteiger partial charge < -0.3 is 29.9 Å². The third-order valence-corrected chi connectivity index (χ3v) is 6.22. The lowest BCUT2D eigenvalue weighted by Crippen LogP contribution is -2.36. The number of nitrogens with one attached hydrogen (secondary N) is 2. The standard InChI is InChI=1S/C28H38N8O3/c1-8-25(37)30-20-15-21(23(38-7)16-22(20)35-11-13-39-14-12-35)31-27-29-10-9-24(32-27)36-18-19(17-34(5)6)26(33-36)28(2,3)4/h8-10,15-16,18H,1,11-14,17H2,2-7H3,(H,30,37)(H,29,31,32). The van der Waals surface area contributed by atoms with Crippen LogP contribution in [0.3, 0.4) is 0 Å². The summed E-state index contributed by atoms with van der Waals surface area (Å²) in [7, 11) is 5.69. The number of ether oxygens (including phenoxy) is 2. The molecule has 1 aromatic carbocycles. The molecule has 1 amide bonds. The number of carbonyl (C=O) groups is 1. The van der Waals surface area contributed by atoms with Crippen LogP contribution in [-0.2, 0) is 21.5 Å². The minimum atomic E-state index is -0.305. The van der Waals surface area contributed by atoms with Crippen LogP contribution in [0.2, 0.25) is 0 Å². The molecule has 2 aromatic heterocycles. The number of methoxy groups -OCH3 is 1. The molecule has 11 nitrogen and oxygen atoms in total. The number of amides is 1. The van der Waals surface area contributed by atoms with Crippen molar-refractivity contribution in [3.05, 3.63) is 54.5 Å². The molecule has 208 valence electrons. The smallest absolute Gasteiger partial charge is 0.247 e. The van der Waals surface area contributed by atoms with Gasteiger partial charge in [0.25, 0.3) is 0 Å². The topological polar surface area (TPSA) is 110 Å². The van der Waals surface area contributed by atoms with Crippen molar-refractivity contribution in [3.63, 3.8) is 0 Å². The van der Waals surface area contributed by atoms with Gasteiger partial charge in [-0.1, -0.05) is 27.4 Å². The number of hydrogen-bond acceptors (Lipinski definition) is 9. The Morgan fingerprint density at radius 3 is 2.62 bits per heavy atom. The highest BCUT2D eigenvalue weighted by molar-refractivity contribution is 6.02. The molecule has 2 N–H and O–H groups in total. The van der Waals surface area contributed by atoms with Gasteiger partial charge in [-0.05, 0) is 26.2 Å². The third kappa shape index (κ3) is 6.73. The van der Waals surface area contributed by atoms with Crippen LogP contribution in [0, 0.1) is 0 Å². The molecule has 0 aliphatic carbocycles. The highest BCUT2D eigenvalue weighted by Crippen LogP contribution is 2.38. The zero-order valence-electron chi connectivity index (χ0n) is 23.6. The molecule has 1 aliphatic rings. The predicted octanol–water partition coefficient (Wildman–Crippen LogP) is 3.73. The SMILES string of the molecule is C=CC(=O)Nc1cc(Nc2nccc(-n3cc(CN(C)C)c(C(C)(C)C)n3)n2)c(OC)cc1N1CCOCC1. The van der Waals surface area contributed by atoms with E-state index in [0.717, 1.165) is 23.5 Å². The summed E-state index contributed by atoms with van der Waals surface area (Å²) < 4.78 is 13.0. The molecule has 0 spiro atoms. The average molecular weight is 535 g/mol. The Hall–Kier alpha value is -3.96. The first-order chi connectivity index (χ1) is 18.6. The average Bonchev–Trinajstić information content (AvgIpc) is 3.33. The van der Waals surface area contributed by atoms with Crippen LogP contribution < -0.4 is 20.3 Å². The van der Waals surface area contributed by atoms with Gasteiger partial charge in [-0.25, -0.2) is 9.67 Å². The second-order valence-electron chi connectivity index (χ2n) is 10.7. The minimum Gasteiger partial charge on any atom is -0.494 e. The van der Waals surface area contributed by atoms with E-state index in [-0.39, 0.29) is 11.3 Å². The first-order valence-corrected chi connectivity index (χ1v) is 12.9. The summed E-state index contributed by atoms with van der Waals surface area (Å²) in [4.78, 5) is 25.7. The van der Waals surface area contributed by atoms with Crippen LogP contribution in [0.25, 0.3) is 5.82 Å². The van der Waals surface area contributed by atoms with E-state index >= 15 is 0 Å². The number of carbonyl (C=O) groups excluding carboxylic acids is 1. The van der Waals surface area contributed by atoms with E-state index in [0.29, 0.717) is 55.2 Å². The lowest BCUT2D eigenvalue weighted by molar-refractivity contribution is -0.111. The Balaban J connectivity index is 1.69. The normalized spacial score (nSPS) is 13.9. The molecule has 1 aliphatic heterocycles. The summed E-state index contributed by atoms with van der Waals surface area (Å²) in [5, 5.41) is 11.1. The highest BCUT2D eigenvalue weighted by atomic mass is 16.5. The van der Waals surface area contributed by atoms with Crippen molar-refractivity contribution in [2.75, 3.05) is 63.0 Å². The lowest BCUT2D eigenvalue weighted by atomic mass is 9.89. The van der Waals surface area contributed by atoms with Crippen LogP contribution in [0.1, 0.15) is 32.0 Å². The number of nitrogens with zero attached hydrogens (tertiary/aromatic N) is 6. The number of morpholine rings is 1. The largest absolute Gasteiger partial charge is 0.494 e. The fraction of sp³-hybridized carbons (Fsp3) is 0.429. The van der Waals surface area contributed by atoms with Gasteiger partial charge in [0.2, 0.25) is 11.9 Å². The van der Waals surface area contributed by atoms with Gasteiger partial charge in [0.1, 0.15) is 5.75 Å². The van der Waals surface area contributed by atoms with Gasteiger partial charge in [0.15, 0.2) is 5.82 Å². The second kappa shape index (κ2) is 11.8. The van der Waals surface area contributed by atoms with Crippen molar-refractivity contribution in [3.8, 4) is 11.6 Å². The summed E-state index contributed by atoms with van der Waals surface area (Å²) in [5.41, 5.74) is 4.11. The Morgan fingerprint density at radius 2 is 1.97 bits per heavy atom. The molecule has 0 saturated carbocycles. The van der Waals surface area contributed by atoms with Crippen molar-refractivity contribution < 1.29 is 14.3 Å². The lowest BCUT2D eigenvalue weighted by Gasteiger charge is -2.31. The van der Waals surface area contributed by atoms with Gasteiger partial charge in [-0.3, -0.25) is 4.79 Å². The monoisotopic (exact) mass is 534 g/mol. The van der Waals surface area contributed by atoms with E-state index < -0.39 is 0 Å². The summed E-state index contributed by atoms with van der Waals surface area (Å²) in [6.07, 6.45) is 4.95. The van der Waals surface area contributed by atoms with Crippen LogP contribution in [0.4, 0.5) is 23.0 Å². The van der Waals surface area contributed by atoms with Crippen molar-refractivity contribution in [2.24, 2.45) is 0 Å². The molecule has 1 fully saturated rings. The Labute approximate surface area is 229 Å². The number of benzene rings is 1. The maximum absolute atomic E-state index is 12.2. The maximum atomic E-state index is 12.2. The summed E-state index contributed by atoms with van der Waals surface area (Å²) in [6, 6.07) is 5.53. The van der Waals surface area contributed by atoms with Crippen LogP contribution in [-0.4, -0.2) is 78.1 Å². The van der Waals surface area contributed by atoms with Crippen LogP contribution >= 0.6 is 0 Å². The van der Waals surface area contributed by atoms with Crippen molar-refractivity contribution in [1.82, 2.24) is 24.6 Å². The fourth-order valence-corrected chi connectivity index (χ4v) is 4.46. The zero-order chi connectivity index (χ0) is 28.2. The van der Waals surface area contributed by atoms with Gasteiger partial charge >= 0.3 is 0 Å². The van der Waals surface area contributed by atoms with Gasteiger partial charge in [-0.15, -0.1) is 0 Å². The minimum absolute atomic E-state index is 0.118. The van der Waals surface area contributed by atoms with Gasteiger partial charge in [0.05, 0.1) is 43.1 Å². The molecular formula is C28H38N8O3. The second-order valence-corrected chi connectivity index (χ2v) is 10.7. The molecule has 1 saturated heterocycles. The Bertz CT molecular complexity index is 1320. The molecule has 0 atom stereocenters. The molecule has 3 aromatic rings. The molecule has 3 heterocycles. The summed E-state index contributed by atoms with van der Waals surface area (Å²) >= 11 is 0. The van der Waals surface area contributed by atoms with E-state index in [1.807, 2.05) is 38.5 Å². The van der Waals surface area contributed by atoms with Crippen molar-refractivity contribution in [2.45, 2.75) is 32.7 Å². The molecule has 0 unspecified atom stereocenters. The summed E-state index contributed by atoms with van der Waals surface area (Å²) in [6.45, 7) is 13.4. The van der Waals surface area contributed by atoms with Gasteiger partial charge in [0, 0.05) is 55.1 Å². The molecule has 39 heavy (non-hydrogen) atoms. The molecule has 11 heteroatoms. The van der Waals surface area contributed by atoms with Gasteiger partial charge in [-0.2, -0.15) is 10.1 Å². The Kier molecular flexibility index (Phi) is 8.51. The maximum Gasteiger partial charge on any atom is 0.247 e. The number of aromatic nitrogens is 4. The predicted molar refractivity (Wildman–Crippen MR) is 153 cm³/mol. The van der Waals surface area contributed by atoms with Crippen LogP contribution in [0.5, 0.6) is 5.75 Å². The molecule has 0 bridgehead atoms. The fourth-order valence-electron chi connectivity index (χ4n) is 4.46. The van der Waals surface area contributed by atoms with E-state index in [9.17, 15) is 4.79 Å². The van der Waals surface area contributed by atoms with E-state index in [2.05, 4.69) is 52.8 Å². The molecular weight excluding hydrogens is 496 g/mol. The molecule has 4 rings (SSSR count). The first kappa shape index (κ1) is 28.1. The van der Waals surface area contributed by atoms with E-state index in [1.54, 1.807) is 18.0 Å². The van der Waals surface area contributed by atoms with E-state index in [1.165, 1.54) is 6.08 Å². The Morgan fingerprint density at radius 1 is 1.23 bits per heavy atom. The third-order valence-electron chi connectivity index (χ3n) is 6.22. The molecule has 0 radical (unpaired) electrons. The summed E-state index contributed by atoms with van der Waals surface area (Å²) in [5.74, 6) is 1.28. The number of hydrogen-bond donors (Lipinski definition) is 2. The quantitative estimate of drug-likeness (QED) is 0.397. The number of anilines is 4. The van der Waals surface area contributed by atoms with Crippen molar-refractivity contribution >= 4 is 28.9 Å². The highest BCUT2D eigenvalue weighted by Gasteiger charge is 2.24. The van der Waals surface area contributed by atoms with E-state index in [4.69, 9.17) is 19.6 Å².